The van der Waals surface area contributed by atoms with Crippen LogP contribution in [0.4, 0.5) is 5.69 Å². The molecule has 0 spiro atoms. The highest BCUT2D eigenvalue weighted by molar-refractivity contribution is 7.99. The Morgan fingerprint density at radius 3 is 3.19 bits per heavy atom. The van der Waals surface area contributed by atoms with Crippen molar-refractivity contribution < 1.29 is 8.77 Å². The first kappa shape index (κ1) is 14.9. The van der Waals surface area contributed by atoms with Crippen LogP contribution in [0.25, 0.3) is 0 Å². The molecule has 1 aliphatic heterocycles. The molecule has 1 aliphatic rings. The van der Waals surface area contributed by atoms with Gasteiger partial charge < -0.3 is 4.90 Å². The number of benzene rings is 1. The number of amides is 1. The number of aryl methyl sites for hydroxylation is 1. The number of carbonyl (C=O) groups excluding carboxylic acids is 1. The zero-order chi connectivity index (χ0) is 14.7. The quantitative estimate of drug-likeness (QED) is 0.634. The van der Waals surface area contributed by atoms with E-state index in [1.54, 1.807) is 11.8 Å². The second-order valence-electron chi connectivity index (χ2n) is 4.67. The van der Waals surface area contributed by atoms with Gasteiger partial charge in [-0.05, 0) is 42.5 Å². The lowest BCUT2D eigenvalue weighted by Crippen LogP contribution is -2.38. The van der Waals surface area contributed by atoms with Gasteiger partial charge in [0.15, 0.2) is 0 Å². The Hall–Kier alpha value is -1.05. The lowest BCUT2D eigenvalue weighted by molar-refractivity contribution is -0.536. The van der Waals surface area contributed by atoms with Crippen molar-refractivity contribution in [2.45, 2.75) is 18.0 Å². The van der Waals surface area contributed by atoms with E-state index in [1.165, 1.54) is 29.0 Å². The molecule has 0 atom stereocenters. The van der Waals surface area contributed by atoms with Crippen molar-refractivity contribution in [2.75, 3.05) is 23.5 Å². The third-order valence-corrected chi connectivity index (χ3v) is 5.92. The molecule has 3 rings (SSSR count). The summed E-state index contributed by atoms with van der Waals surface area (Å²) in [5, 5.41) is 0.942. The predicted molar refractivity (Wildman–Crippen MR) is 89.1 cm³/mol. The second kappa shape index (κ2) is 6.81. The summed E-state index contributed by atoms with van der Waals surface area (Å²) in [7, 11) is 0. The van der Waals surface area contributed by atoms with Gasteiger partial charge in [-0.15, -0.1) is 3.97 Å². The number of hydrogen-bond acceptors (Lipinski definition) is 5. The zero-order valence-electron chi connectivity index (χ0n) is 11.7. The lowest BCUT2D eigenvalue weighted by Gasteiger charge is -2.29. The Bertz CT molecular complexity index is 644. The highest BCUT2D eigenvalue weighted by Crippen LogP contribution is 2.27. The van der Waals surface area contributed by atoms with Crippen LogP contribution in [0.15, 0.2) is 34.9 Å². The summed E-state index contributed by atoms with van der Waals surface area (Å²) in [5.74, 6) is 0.600. The Morgan fingerprint density at radius 2 is 2.33 bits per heavy atom. The minimum Gasteiger partial charge on any atom is -0.311 e. The van der Waals surface area contributed by atoms with Gasteiger partial charge in [0, 0.05) is 16.6 Å². The summed E-state index contributed by atoms with van der Waals surface area (Å²) >= 11 is 4.51. The molecule has 0 bridgehead atoms. The van der Waals surface area contributed by atoms with Gasteiger partial charge in [-0.3, -0.25) is 4.79 Å². The SMILES string of the molecule is CSc1nsc[n+]1SCC(=O)N1CCCc2ccccc21. The Labute approximate surface area is 136 Å². The molecule has 0 N–H and O–H groups in total. The van der Waals surface area contributed by atoms with E-state index >= 15 is 0 Å². The van der Waals surface area contributed by atoms with E-state index in [1.807, 2.05) is 38.8 Å². The van der Waals surface area contributed by atoms with Crippen molar-refractivity contribution in [1.82, 2.24) is 4.37 Å². The molecule has 2 heterocycles. The minimum atomic E-state index is 0.165. The molecule has 1 aromatic heterocycles. The number of thioether (sulfide) groups is 1. The van der Waals surface area contributed by atoms with Crippen LogP contribution < -0.4 is 8.87 Å². The normalized spacial score (nSPS) is 14.0. The average Bonchev–Trinajstić information content (AvgIpc) is 2.99. The first-order valence-corrected chi connectivity index (χ1v) is 9.71. The number of carbonyl (C=O) groups is 1. The maximum absolute atomic E-state index is 12.5. The molecule has 7 heteroatoms. The van der Waals surface area contributed by atoms with Gasteiger partial charge in [0.25, 0.3) is 0 Å². The van der Waals surface area contributed by atoms with E-state index < -0.39 is 0 Å². The molecular weight excluding hydrogens is 322 g/mol. The smallest absolute Gasteiger partial charge is 0.311 e. The first-order valence-electron chi connectivity index (χ1n) is 6.71. The van der Waals surface area contributed by atoms with Crippen LogP contribution in [0.2, 0.25) is 0 Å². The molecule has 0 saturated heterocycles. The Morgan fingerprint density at radius 1 is 1.48 bits per heavy atom. The standard InChI is InChI=1S/C14H16N3OS3/c1-19-14-15-20-10-17(14)21-9-13(18)16-8-4-6-11-5-2-3-7-12(11)16/h2-3,5,7,10H,4,6,8-9H2,1H3/q+1. The summed E-state index contributed by atoms with van der Waals surface area (Å²) < 4.78 is 6.26. The fourth-order valence-corrected chi connectivity index (χ4v) is 4.89. The third-order valence-electron chi connectivity index (χ3n) is 3.38. The Balaban J connectivity index is 1.69. The molecule has 2 aromatic rings. The molecule has 0 aliphatic carbocycles. The summed E-state index contributed by atoms with van der Waals surface area (Å²) in [6.45, 7) is 0.818. The van der Waals surface area contributed by atoms with Crippen LogP contribution in [0.1, 0.15) is 12.0 Å². The van der Waals surface area contributed by atoms with Crippen molar-refractivity contribution >= 4 is 46.8 Å². The van der Waals surface area contributed by atoms with E-state index in [9.17, 15) is 4.79 Å². The number of nitrogens with zero attached hydrogens (tertiary/aromatic N) is 3. The maximum atomic E-state index is 12.5. The first-order chi connectivity index (χ1) is 10.3. The van der Waals surface area contributed by atoms with Crippen molar-refractivity contribution in [3.63, 3.8) is 0 Å². The monoisotopic (exact) mass is 338 g/mol. The molecular formula is C14H16N3OS3+. The van der Waals surface area contributed by atoms with Crippen molar-refractivity contribution in [2.24, 2.45) is 0 Å². The summed E-state index contributed by atoms with van der Waals surface area (Å²) in [6, 6.07) is 8.20. The molecule has 1 aromatic carbocycles. The second-order valence-corrected chi connectivity index (χ2v) is 6.98. The number of rotatable bonds is 4. The van der Waals surface area contributed by atoms with Gasteiger partial charge in [-0.25, -0.2) is 0 Å². The zero-order valence-corrected chi connectivity index (χ0v) is 14.1. The van der Waals surface area contributed by atoms with E-state index in [2.05, 4.69) is 10.4 Å². The fraction of sp³-hybridized carbons (Fsp3) is 0.357. The van der Waals surface area contributed by atoms with E-state index in [4.69, 9.17) is 0 Å². The molecule has 4 nitrogen and oxygen atoms in total. The largest absolute Gasteiger partial charge is 0.385 e. The van der Waals surface area contributed by atoms with Crippen molar-refractivity contribution in [3.05, 3.63) is 35.3 Å². The van der Waals surface area contributed by atoms with Gasteiger partial charge in [-0.1, -0.05) is 18.2 Å². The van der Waals surface area contributed by atoms with Gasteiger partial charge in [-0.2, -0.15) is 0 Å². The summed E-state index contributed by atoms with van der Waals surface area (Å²) in [5.41, 5.74) is 4.29. The van der Waals surface area contributed by atoms with Crippen LogP contribution in [0.3, 0.4) is 0 Å². The van der Waals surface area contributed by atoms with Gasteiger partial charge in [0.1, 0.15) is 17.3 Å². The highest BCUT2D eigenvalue weighted by atomic mass is 32.2. The number of anilines is 1. The Kier molecular flexibility index (Phi) is 4.82. The summed E-state index contributed by atoms with van der Waals surface area (Å²) in [4.78, 5) is 14.4. The van der Waals surface area contributed by atoms with Crippen LogP contribution >= 0.6 is 35.2 Å². The average molecular weight is 339 g/mol. The van der Waals surface area contributed by atoms with Crippen LogP contribution in [0.5, 0.6) is 0 Å². The molecule has 0 saturated carbocycles. The predicted octanol–water partition coefficient (Wildman–Crippen LogP) is 2.63. The van der Waals surface area contributed by atoms with E-state index in [-0.39, 0.29) is 5.91 Å². The molecule has 0 radical (unpaired) electrons. The molecule has 110 valence electrons. The van der Waals surface area contributed by atoms with E-state index in [0.29, 0.717) is 5.75 Å². The van der Waals surface area contributed by atoms with Crippen molar-refractivity contribution in [3.8, 4) is 0 Å². The lowest BCUT2D eigenvalue weighted by atomic mass is 10.0. The van der Waals surface area contributed by atoms with Crippen molar-refractivity contribution in [1.29, 1.82) is 0 Å². The number of hydrogen-bond donors (Lipinski definition) is 0. The summed E-state index contributed by atoms with van der Waals surface area (Å²) in [6.07, 6.45) is 4.10. The maximum Gasteiger partial charge on any atom is 0.385 e. The van der Waals surface area contributed by atoms with Crippen LogP contribution in [0, 0.1) is 0 Å². The van der Waals surface area contributed by atoms with Gasteiger partial charge in [0.05, 0.1) is 11.9 Å². The fourth-order valence-electron chi connectivity index (χ4n) is 2.41. The third kappa shape index (κ3) is 3.25. The highest BCUT2D eigenvalue weighted by Gasteiger charge is 2.24. The minimum absolute atomic E-state index is 0.165. The molecule has 0 fully saturated rings. The topological polar surface area (TPSA) is 37.1 Å². The molecule has 1 amide bonds. The van der Waals surface area contributed by atoms with Crippen LogP contribution in [-0.2, 0) is 11.2 Å². The van der Waals surface area contributed by atoms with Crippen LogP contribution in [-0.4, -0.2) is 28.8 Å². The molecule has 0 unspecified atom stereocenters. The number of aromatic nitrogens is 2. The molecule has 21 heavy (non-hydrogen) atoms. The van der Waals surface area contributed by atoms with Gasteiger partial charge in [0.2, 0.25) is 11.4 Å². The van der Waals surface area contributed by atoms with E-state index in [0.717, 1.165) is 30.2 Å². The van der Waals surface area contributed by atoms with Gasteiger partial charge >= 0.3 is 5.16 Å². The number of fused-ring (bicyclic) bond motifs is 1. The number of para-hydroxylation sites is 1.